The van der Waals surface area contributed by atoms with E-state index < -0.39 is 17.7 Å². The summed E-state index contributed by atoms with van der Waals surface area (Å²) < 4.78 is 12.4. The molecule has 0 radical (unpaired) electrons. The van der Waals surface area contributed by atoms with Crippen LogP contribution in [0.15, 0.2) is 60.8 Å². The van der Waals surface area contributed by atoms with E-state index in [-0.39, 0.29) is 18.3 Å². The Hall–Kier alpha value is -4.91. The highest BCUT2D eigenvalue weighted by molar-refractivity contribution is 5.87. The van der Waals surface area contributed by atoms with Gasteiger partial charge in [0, 0.05) is 28.8 Å². The van der Waals surface area contributed by atoms with Gasteiger partial charge in [0.05, 0.1) is 30.1 Å². The highest BCUT2D eigenvalue weighted by atomic mass is 16.5. The molecule has 0 fully saturated rings. The molecule has 4 aromatic rings. The van der Waals surface area contributed by atoms with Gasteiger partial charge in [-0.2, -0.15) is 10.4 Å². The van der Waals surface area contributed by atoms with Crippen molar-refractivity contribution in [1.29, 1.82) is 10.7 Å². The van der Waals surface area contributed by atoms with Gasteiger partial charge in [0.2, 0.25) is 17.7 Å². The van der Waals surface area contributed by atoms with E-state index in [4.69, 9.17) is 20.6 Å². The zero-order valence-corrected chi connectivity index (χ0v) is 18.7. The number of nitriles is 1. The third-order valence-electron chi connectivity index (χ3n) is 5.91. The van der Waals surface area contributed by atoms with Crippen molar-refractivity contribution in [2.24, 2.45) is 11.7 Å². The van der Waals surface area contributed by atoms with Gasteiger partial charge >= 0.3 is 0 Å². The summed E-state index contributed by atoms with van der Waals surface area (Å²) in [5, 5.41) is 30.4. The van der Waals surface area contributed by atoms with E-state index in [9.17, 15) is 10.1 Å². The first-order chi connectivity index (χ1) is 17.0. The molecule has 2 aromatic carbocycles. The van der Waals surface area contributed by atoms with Crippen molar-refractivity contribution < 1.29 is 14.3 Å². The quantitative estimate of drug-likeness (QED) is 0.396. The lowest BCUT2D eigenvalue weighted by Gasteiger charge is -2.28. The predicted molar refractivity (Wildman–Crippen MR) is 127 cm³/mol. The molecule has 0 bridgehead atoms. The third kappa shape index (κ3) is 3.89. The molecule has 5 rings (SSSR count). The van der Waals surface area contributed by atoms with Gasteiger partial charge < -0.3 is 15.2 Å². The number of primary amides is 1. The number of aromatic amines is 1. The molecule has 10 heteroatoms. The SMILES string of the molecule is COc1ccc(-c2[nH]nc3c2C(c2cn(CC(N)=O)nc2-c2ccccc2)C(C#N)C(=N)O3)cc1. The number of benzene rings is 2. The van der Waals surface area contributed by atoms with Gasteiger partial charge in [0.1, 0.15) is 18.2 Å². The Bertz CT molecular complexity index is 1450. The number of H-pyrrole nitrogens is 1. The van der Waals surface area contributed by atoms with Crippen molar-refractivity contribution in [3.63, 3.8) is 0 Å². The number of rotatable bonds is 6. The van der Waals surface area contributed by atoms with Gasteiger partial charge in [-0.15, -0.1) is 5.10 Å². The average molecular weight is 467 g/mol. The zero-order valence-electron chi connectivity index (χ0n) is 18.7. The van der Waals surface area contributed by atoms with Gasteiger partial charge in [-0.05, 0) is 24.3 Å². The number of ether oxygens (including phenoxy) is 2. The van der Waals surface area contributed by atoms with E-state index >= 15 is 0 Å². The number of hydrogen-bond acceptors (Lipinski definition) is 7. The first-order valence-electron chi connectivity index (χ1n) is 10.8. The van der Waals surface area contributed by atoms with Gasteiger partial charge in [-0.3, -0.25) is 20.0 Å². The average Bonchev–Trinajstić information content (AvgIpc) is 3.47. The lowest BCUT2D eigenvalue weighted by Crippen LogP contribution is -2.31. The molecular formula is C25H21N7O3. The smallest absolute Gasteiger partial charge is 0.244 e. The predicted octanol–water partition coefficient (Wildman–Crippen LogP) is 3.08. The van der Waals surface area contributed by atoms with Gasteiger partial charge in [0.25, 0.3) is 0 Å². The van der Waals surface area contributed by atoms with Crippen LogP contribution >= 0.6 is 0 Å². The van der Waals surface area contributed by atoms with Crippen LogP contribution in [-0.4, -0.2) is 38.9 Å². The Balaban J connectivity index is 1.73. The lowest BCUT2D eigenvalue weighted by atomic mass is 9.78. The first kappa shape index (κ1) is 21.9. The van der Waals surface area contributed by atoms with E-state index in [2.05, 4.69) is 21.4 Å². The van der Waals surface area contributed by atoms with Crippen LogP contribution in [0.5, 0.6) is 11.6 Å². The highest BCUT2D eigenvalue weighted by Crippen LogP contribution is 2.47. The van der Waals surface area contributed by atoms with Crippen molar-refractivity contribution in [2.45, 2.75) is 12.5 Å². The molecule has 1 aliphatic rings. The Morgan fingerprint density at radius 3 is 2.63 bits per heavy atom. The zero-order chi connectivity index (χ0) is 24.5. The first-order valence-corrected chi connectivity index (χ1v) is 10.8. The summed E-state index contributed by atoms with van der Waals surface area (Å²) in [5.41, 5.74) is 9.57. The number of fused-ring (bicyclic) bond motifs is 1. The highest BCUT2D eigenvalue weighted by Gasteiger charge is 2.42. The number of nitrogens with two attached hydrogens (primary N) is 1. The fourth-order valence-electron chi connectivity index (χ4n) is 4.36. The molecule has 0 aliphatic carbocycles. The summed E-state index contributed by atoms with van der Waals surface area (Å²) in [4.78, 5) is 11.7. The Morgan fingerprint density at radius 2 is 1.97 bits per heavy atom. The van der Waals surface area contributed by atoms with E-state index in [1.807, 2.05) is 54.6 Å². The van der Waals surface area contributed by atoms with Crippen molar-refractivity contribution >= 4 is 11.8 Å². The van der Waals surface area contributed by atoms with E-state index in [1.54, 1.807) is 13.3 Å². The van der Waals surface area contributed by atoms with Gasteiger partial charge in [0.15, 0.2) is 0 Å². The van der Waals surface area contributed by atoms with Crippen molar-refractivity contribution in [1.82, 2.24) is 20.0 Å². The number of methoxy groups -OCH3 is 1. The molecule has 35 heavy (non-hydrogen) atoms. The topological polar surface area (TPSA) is 156 Å². The minimum atomic E-state index is -0.939. The van der Waals surface area contributed by atoms with Gasteiger partial charge in [-0.25, -0.2) is 0 Å². The molecule has 2 aromatic heterocycles. The maximum atomic E-state index is 11.7. The second-order valence-electron chi connectivity index (χ2n) is 8.06. The Morgan fingerprint density at radius 1 is 1.23 bits per heavy atom. The van der Waals surface area contributed by atoms with Crippen LogP contribution < -0.4 is 15.2 Å². The summed E-state index contributed by atoms with van der Waals surface area (Å²) >= 11 is 0. The number of nitrogens with one attached hydrogen (secondary N) is 2. The number of carbonyl (C=O) groups is 1. The molecule has 10 nitrogen and oxygen atoms in total. The minimum absolute atomic E-state index is 0.124. The number of carbonyl (C=O) groups excluding carboxylic acids is 1. The molecule has 0 spiro atoms. The summed E-state index contributed by atoms with van der Waals surface area (Å²) in [6, 6.07) is 19.1. The van der Waals surface area contributed by atoms with E-state index in [1.165, 1.54) is 4.68 Å². The lowest BCUT2D eigenvalue weighted by molar-refractivity contribution is -0.118. The maximum absolute atomic E-state index is 11.7. The molecule has 4 N–H and O–H groups in total. The third-order valence-corrected chi connectivity index (χ3v) is 5.91. The standard InChI is InChI=1S/C25H21N7O3/c1-34-16-9-7-15(8-10-16)23-21-20(17(11-26)24(28)35-25(21)30-29-23)18-12-32(13-19(27)33)31-22(18)14-5-3-2-4-6-14/h2-10,12,17,20,28H,13H2,1H3,(H2,27,33)(H,29,30). The summed E-state index contributed by atoms with van der Waals surface area (Å²) in [6.45, 7) is -0.124. The fourth-order valence-corrected chi connectivity index (χ4v) is 4.36. The number of amides is 1. The fraction of sp³-hybridized carbons (Fsp3) is 0.160. The van der Waals surface area contributed by atoms with Crippen LogP contribution in [-0.2, 0) is 11.3 Å². The van der Waals surface area contributed by atoms with Crippen LogP contribution in [0.1, 0.15) is 17.0 Å². The summed E-state index contributed by atoms with van der Waals surface area (Å²) in [6.07, 6.45) is 1.70. The van der Waals surface area contributed by atoms with Crippen LogP contribution in [0.4, 0.5) is 0 Å². The Kier molecular flexibility index (Phi) is 5.51. The number of aromatic nitrogens is 4. The van der Waals surface area contributed by atoms with Crippen molar-refractivity contribution in [2.75, 3.05) is 7.11 Å². The van der Waals surface area contributed by atoms with Crippen LogP contribution in [0.2, 0.25) is 0 Å². The number of nitrogens with zero attached hydrogens (tertiary/aromatic N) is 4. The van der Waals surface area contributed by atoms with Crippen LogP contribution in [0.25, 0.3) is 22.5 Å². The second-order valence-corrected chi connectivity index (χ2v) is 8.06. The second kappa shape index (κ2) is 8.79. The molecule has 174 valence electrons. The van der Waals surface area contributed by atoms with Crippen LogP contribution in [0, 0.1) is 22.7 Å². The van der Waals surface area contributed by atoms with E-state index in [0.717, 1.165) is 11.1 Å². The van der Waals surface area contributed by atoms with Crippen molar-refractivity contribution in [3.05, 3.63) is 71.9 Å². The molecule has 1 amide bonds. The largest absolute Gasteiger partial charge is 0.497 e. The minimum Gasteiger partial charge on any atom is -0.497 e. The number of hydrogen-bond donors (Lipinski definition) is 3. The summed E-state index contributed by atoms with van der Waals surface area (Å²) in [7, 11) is 1.59. The van der Waals surface area contributed by atoms with Gasteiger partial charge in [-0.1, -0.05) is 30.3 Å². The summed E-state index contributed by atoms with van der Waals surface area (Å²) in [5.74, 6) is -1.41. The molecule has 1 aliphatic heterocycles. The molecule has 0 saturated heterocycles. The Labute approximate surface area is 200 Å². The molecule has 0 saturated carbocycles. The molecular weight excluding hydrogens is 446 g/mol. The molecule has 3 heterocycles. The monoisotopic (exact) mass is 467 g/mol. The van der Waals surface area contributed by atoms with Crippen LogP contribution in [0.3, 0.4) is 0 Å². The van der Waals surface area contributed by atoms with Crippen molar-refractivity contribution in [3.8, 4) is 40.2 Å². The van der Waals surface area contributed by atoms with E-state index in [0.29, 0.717) is 28.3 Å². The molecule has 2 unspecified atom stereocenters. The normalized spacial score (nSPS) is 16.7. The maximum Gasteiger partial charge on any atom is 0.244 e. The molecule has 2 atom stereocenters.